The first-order chi connectivity index (χ1) is 10.7. The molecule has 0 spiro atoms. The average Bonchev–Trinajstić information content (AvgIpc) is 2.84. The molecule has 2 aromatic rings. The molecule has 124 valence electrons. The van der Waals surface area contributed by atoms with Crippen LogP contribution in [0.1, 0.15) is 16.2 Å². The number of aryl methyl sites for hydroxylation is 1. The minimum atomic E-state index is -3.48. The van der Waals surface area contributed by atoms with Crippen LogP contribution in [0, 0.1) is 6.92 Å². The zero-order chi connectivity index (χ0) is 17.2. The van der Waals surface area contributed by atoms with Crippen LogP contribution in [-0.4, -0.2) is 53.1 Å². The number of carbonyl (C=O) groups is 1. The molecule has 1 aromatic carbocycles. The van der Waals surface area contributed by atoms with Gasteiger partial charge in [-0.2, -0.15) is 0 Å². The van der Waals surface area contributed by atoms with Gasteiger partial charge in [0, 0.05) is 26.7 Å². The maximum absolute atomic E-state index is 12.2. The van der Waals surface area contributed by atoms with Gasteiger partial charge >= 0.3 is 0 Å². The highest BCUT2D eigenvalue weighted by atomic mass is 32.2. The Kier molecular flexibility index (Phi) is 5.23. The fourth-order valence-electron chi connectivity index (χ4n) is 1.75. The van der Waals surface area contributed by atoms with Crippen LogP contribution in [0.3, 0.4) is 0 Å². The molecule has 1 heterocycles. The third kappa shape index (κ3) is 3.80. The molecule has 0 saturated carbocycles. The Morgan fingerprint density at radius 2 is 1.83 bits per heavy atom. The zero-order valence-electron chi connectivity index (χ0n) is 13.3. The normalized spacial score (nSPS) is 11.9. The summed E-state index contributed by atoms with van der Waals surface area (Å²) in [7, 11) is 1.29. The van der Waals surface area contributed by atoms with Crippen LogP contribution in [0.2, 0.25) is 0 Å². The van der Waals surface area contributed by atoms with E-state index in [1.165, 1.54) is 50.1 Å². The van der Waals surface area contributed by atoms with Gasteiger partial charge in [-0.3, -0.25) is 4.79 Å². The molecule has 0 aliphatic carbocycles. The number of nitrogens with zero attached hydrogens (tertiary/aromatic N) is 4. The van der Waals surface area contributed by atoms with E-state index in [-0.39, 0.29) is 16.4 Å². The van der Waals surface area contributed by atoms with Crippen molar-refractivity contribution in [1.82, 2.24) is 19.1 Å². The fourth-order valence-corrected chi connectivity index (χ4v) is 3.50. The molecule has 0 unspecified atom stereocenters. The Bertz CT molecular complexity index is 811. The number of hydrogen-bond donors (Lipinski definition) is 0. The number of rotatable bonds is 6. The Hall–Kier alpha value is -1.71. The number of sulfonamides is 1. The second-order valence-electron chi connectivity index (χ2n) is 5.11. The molecule has 0 atom stereocenters. The lowest BCUT2D eigenvalue weighted by Gasteiger charge is -2.11. The maximum atomic E-state index is 12.2. The summed E-state index contributed by atoms with van der Waals surface area (Å²) in [6.07, 6.45) is 0. The molecule has 9 heteroatoms. The number of carbonyl (C=O) groups excluding carboxylic acids is 1. The van der Waals surface area contributed by atoms with Crippen molar-refractivity contribution in [1.29, 1.82) is 0 Å². The third-order valence-electron chi connectivity index (χ3n) is 3.34. The summed E-state index contributed by atoms with van der Waals surface area (Å²) in [5.74, 6) is 0.897. The number of benzene rings is 1. The summed E-state index contributed by atoms with van der Waals surface area (Å²) in [6, 6.07) is 5.95. The van der Waals surface area contributed by atoms with Crippen LogP contribution in [0.5, 0.6) is 0 Å². The molecule has 0 amide bonds. The summed E-state index contributed by atoms with van der Waals surface area (Å²) >= 11 is 1.30. The summed E-state index contributed by atoms with van der Waals surface area (Å²) in [5.41, 5.74) is 0.467. The highest BCUT2D eigenvalue weighted by Gasteiger charge is 2.18. The molecule has 0 radical (unpaired) electrons. The summed E-state index contributed by atoms with van der Waals surface area (Å²) < 4.78 is 26.9. The smallest absolute Gasteiger partial charge is 0.242 e. The van der Waals surface area contributed by atoms with Gasteiger partial charge < -0.3 is 4.57 Å². The van der Waals surface area contributed by atoms with E-state index in [9.17, 15) is 13.2 Å². The quantitative estimate of drug-likeness (QED) is 0.575. The lowest BCUT2D eigenvalue weighted by atomic mass is 10.1. The monoisotopic (exact) mass is 354 g/mol. The van der Waals surface area contributed by atoms with E-state index in [2.05, 4.69) is 10.2 Å². The van der Waals surface area contributed by atoms with Gasteiger partial charge in [0.25, 0.3) is 0 Å². The average molecular weight is 354 g/mol. The molecule has 0 aliphatic rings. The van der Waals surface area contributed by atoms with E-state index in [1.807, 2.05) is 18.5 Å². The summed E-state index contributed by atoms with van der Waals surface area (Å²) in [4.78, 5) is 12.4. The van der Waals surface area contributed by atoms with Gasteiger partial charge in [-0.15, -0.1) is 10.2 Å². The van der Waals surface area contributed by atoms with Crippen LogP contribution in [0.15, 0.2) is 34.3 Å². The topological polar surface area (TPSA) is 85.2 Å². The van der Waals surface area contributed by atoms with Crippen LogP contribution in [0.4, 0.5) is 0 Å². The Morgan fingerprint density at radius 3 is 2.30 bits per heavy atom. The van der Waals surface area contributed by atoms with Gasteiger partial charge in [0.15, 0.2) is 10.9 Å². The molecule has 23 heavy (non-hydrogen) atoms. The lowest BCUT2D eigenvalue weighted by Crippen LogP contribution is -2.22. The van der Waals surface area contributed by atoms with Crippen molar-refractivity contribution in [3.63, 3.8) is 0 Å². The van der Waals surface area contributed by atoms with E-state index < -0.39 is 10.0 Å². The Balaban J connectivity index is 2.08. The molecule has 1 aromatic heterocycles. The SMILES string of the molecule is Cc1nnc(SCC(=O)c2ccc(S(=O)(=O)N(C)C)cc2)n1C. The van der Waals surface area contributed by atoms with E-state index in [4.69, 9.17) is 0 Å². The van der Waals surface area contributed by atoms with E-state index in [0.717, 1.165) is 10.1 Å². The van der Waals surface area contributed by atoms with Gasteiger partial charge in [-0.1, -0.05) is 23.9 Å². The van der Waals surface area contributed by atoms with Crippen molar-refractivity contribution in [2.24, 2.45) is 7.05 Å². The van der Waals surface area contributed by atoms with Gasteiger partial charge in [-0.25, -0.2) is 12.7 Å². The van der Waals surface area contributed by atoms with E-state index in [0.29, 0.717) is 10.7 Å². The second kappa shape index (κ2) is 6.81. The van der Waals surface area contributed by atoms with Crippen LogP contribution in [0.25, 0.3) is 0 Å². The standard InChI is InChI=1S/C14H18N4O3S2/c1-10-15-16-14(18(10)4)22-9-13(19)11-5-7-12(8-6-11)23(20,21)17(2)3/h5-8H,9H2,1-4H3. The van der Waals surface area contributed by atoms with Crippen LogP contribution in [-0.2, 0) is 17.1 Å². The van der Waals surface area contributed by atoms with Crippen LogP contribution >= 0.6 is 11.8 Å². The number of hydrogen-bond acceptors (Lipinski definition) is 6. The molecule has 7 nitrogen and oxygen atoms in total. The number of aromatic nitrogens is 3. The van der Waals surface area contributed by atoms with Crippen molar-refractivity contribution in [2.75, 3.05) is 19.8 Å². The molecule has 2 rings (SSSR count). The van der Waals surface area contributed by atoms with Crippen molar-refractivity contribution in [3.8, 4) is 0 Å². The number of thioether (sulfide) groups is 1. The first-order valence-corrected chi connectivity index (χ1v) is 9.20. The van der Waals surface area contributed by atoms with Gasteiger partial charge in [0.2, 0.25) is 10.0 Å². The zero-order valence-corrected chi connectivity index (χ0v) is 15.0. The largest absolute Gasteiger partial charge is 0.309 e. The Labute approximate surface area is 139 Å². The van der Waals surface area contributed by atoms with Crippen molar-refractivity contribution in [3.05, 3.63) is 35.7 Å². The summed E-state index contributed by atoms with van der Waals surface area (Å²) in [5, 5.41) is 8.59. The van der Waals surface area contributed by atoms with E-state index in [1.54, 1.807) is 0 Å². The van der Waals surface area contributed by atoms with Gasteiger partial charge in [0.1, 0.15) is 5.82 Å². The highest BCUT2D eigenvalue weighted by Crippen LogP contribution is 2.19. The predicted octanol–water partition coefficient (Wildman–Crippen LogP) is 1.35. The number of Topliss-reactive ketones (excluding diaryl/α,β-unsaturated/α-hetero) is 1. The lowest BCUT2D eigenvalue weighted by molar-refractivity contribution is 0.102. The molecular weight excluding hydrogens is 336 g/mol. The molecule has 0 N–H and O–H groups in total. The molecule has 0 fully saturated rings. The van der Waals surface area contributed by atoms with Crippen molar-refractivity contribution < 1.29 is 13.2 Å². The van der Waals surface area contributed by atoms with Crippen molar-refractivity contribution in [2.45, 2.75) is 17.0 Å². The third-order valence-corrected chi connectivity index (χ3v) is 6.19. The minimum absolute atomic E-state index is 0.0931. The molecule has 0 bridgehead atoms. The van der Waals surface area contributed by atoms with Crippen LogP contribution < -0.4 is 0 Å². The fraction of sp³-hybridized carbons (Fsp3) is 0.357. The van der Waals surface area contributed by atoms with E-state index >= 15 is 0 Å². The molecule has 0 saturated heterocycles. The van der Waals surface area contributed by atoms with Crippen molar-refractivity contribution >= 4 is 27.6 Å². The molecule has 0 aliphatic heterocycles. The van der Waals surface area contributed by atoms with Gasteiger partial charge in [-0.05, 0) is 19.1 Å². The predicted molar refractivity (Wildman–Crippen MR) is 88.1 cm³/mol. The first kappa shape index (κ1) is 17.6. The minimum Gasteiger partial charge on any atom is -0.309 e. The second-order valence-corrected chi connectivity index (χ2v) is 8.21. The summed E-state index contributed by atoms with van der Waals surface area (Å²) in [6.45, 7) is 1.84. The highest BCUT2D eigenvalue weighted by molar-refractivity contribution is 7.99. The first-order valence-electron chi connectivity index (χ1n) is 6.78. The molecular formula is C14H18N4O3S2. The van der Waals surface area contributed by atoms with Gasteiger partial charge in [0.05, 0.1) is 10.6 Å². The number of ketones is 1. The maximum Gasteiger partial charge on any atom is 0.242 e. The Morgan fingerprint density at radius 1 is 1.22 bits per heavy atom.